The zero-order chi connectivity index (χ0) is 10.6. The van der Waals surface area contributed by atoms with Gasteiger partial charge >= 0.3 is 0 Å². The van der Waals surface area contributed by atoms with Crippen molar-refractivity contribution in [3.8, 4) is 0 Å². The van der Waals surface area contributed by atoms with Crippen molar-refractivity contribution >= 4 is 0 Å². The minimum absolute atomic E-state index is 0.638. The highest BCUT2D eigenvalue weighted by atomic mass is 14.5. The highest BCUT2D eigenvalue weighted by Gasteiger charge is 2.07. The summed E-state index contributed by atoms with van der Waals surface area (Å²) in [5.41, 5.74) is 9.75. The lowest BCUT2D eigenvalue weighted by Gasteiger charge is -2.14. The van der Waals surface area contributed by atoms with E-state index in [0.717, 1.165) is 13.0 Å². The van der Waals surface area contributed by atoms with Crippen LogP contribution in [0, 0.1) is 13.8 Å². The Morgan fingerprint density at radius 2 is 2.00 bits per heavy atom. The summed E-state index contributed by atoms with van der Waals surface area (Å²) >= 11 is 0. The Morgan fingerprint density at radius 3 is 2.57 bits per heavy atom. The minimum atomic E-state index is 0.638. The van der Waals surface area contributed by atoms with Crippen LogP contribution in [0.15, 0.2) is 18.2 Å². The first-order chi connectivity index (χ1) is 6.65. The van der Waals surface area contributed by atoms with Gasteiger partial charge < -0.3 is 5.73 Å². The van der Waals surface area contributed by atoms with Gasteiger partial charge in [-0.2, -0.15) is 0 Å². The van der Waals surface area contributed by atoms with Gasteiger partial charge in [0.2, 0.25) is 0 Å². The maximum atomic E-state index is 5.52. The van der Waals surface area contributed by atoms with Crippen LogP contribution in [-0.2, 0) is 0 Å². The largest absolute Gasteiger partial charge is 0.330 e. The van der Waals surface area contributed by atoms with E-state index in [-0.39, 0.29) is 0 Å². The Labute approximate surface area is 87.3 Å². The van der Waals surface area contributed by atoms with Gasteiger partial charge in [0.15, 0.2) is 0 Å². The topological polar surface area (TPSA) is 26.0 Å². The molecule has 78 valence electrons. The van der Waals surface area contributed by atoms with Crippen molar-refractivity contribution in [3.63, 3.8) is 0 Å². The van der Waals surface area contributed by atoms with Crippen molar-refractivity contribution in [1.29, 1.82) is 0 Å². The molecule has 0 bridgehead atoms. The van der Waals surface area contributed by atoms with E-state index in [1.807, 2.05) is 0 Å². The summed E-state index contributed by atoms with van der Waals surface area (Å²) in [6.07, 6.45) is 2.31. The van der Waals surface area contributed by atoms with Gasteiger partial charge in [-0.05, 0) is 50.3 Å². The van der Waals surface area contributed by atoms with E-state index in [9.17, 15) is 0 Å². The van der Waals surface area contributed by atoms with Crippen LogP contribution < -0.4 is 5.73 Å². The van der Waals surface area contributed by atoms with Crippen molar-refractivity contribution in [2.75, 3.05) is 6.54 Å². The van der Waals surface area contributed by atoms with Gasteiger partial charge in [0, 0.05) is 0 Å². The molecule has 0 radical (unpaired) electrons. The molecule has 1 unspecified atom stereocenters. The fourth-order valence-corrected chi connectivity index (χ4v) is 1.96. The molecule has 0 amide bonds. The minimum Gasteiger partial charge on any atom is -0.330 e. The number of hydrogen-bond acceptors (Lipinski definition) is 1. The first-order valence-corrected chi connectivity index (χ1v) is 5.42. The molecule has 0 saturated carbocycles. The van der Waals surface area contributed by atoms with E-state index in [4.69, 9.17) is 5.73 Å². The zero-order valence-electron chi connectivity index (χ0n) is 9.51. The molecule has 1 heteroatoms. The van der Waals surface area contributed by atoms with Gasteiger partial charge in [0.25, 0.3) is 0 Å². The number of hydrogen-bond donors (Lipinski definition) is 1. The lowest BCUT2D eigenvalue weighted by Crippen LogP contribution is -2.03. The average Bonchev–Trinajstić information content (AvgIpc) is 2.14. The summed E-state index contributed by atoms with van der Waals surface area (Å²) < 4.78 is 0. The fourth-order valence-electron chi connectivity index (χ4n) is 1.96. The van der Waals surface area contributed by atoms with E-state index in [1.54, 1.807) is 0 Å². The summed E-state index contributed by atoms with van der Waals surface area (Å²) in [4.78, 5) is 0. The highest BCUT2D eigenvalue weighted by molar-refractivity contribution is 5.32. The zero-order valence-corrected chi connectivity index (χ0v) is 9.51. The Bertz CT molecular complexity index is 291. The van der Waals surface area contributed by atoms with Gasteiger partial charge in [-0.1, -0.05) is 30.7 Å². The molecule has 0 spiro atoms. The van der Waals surface area contributed by atoms with Crippen LogP contribution in [0.3, 0.4) is 0 Å². The standard InChI is InChI=1S/C13H21N/c1-10-6-7-13(12(3)9-10)11(2)5-4-8-14/h6-7,9,11H,4-5,8,14H2,1-3H3. The molecule has 1 rings (SSSR count). The molecule has 1 atom stereocenters. The molecule has 1 aromatic carbocycles. The third-order valence-corrected chi connectivity index (χ3v) is 2.80. The van der Waals surface area contributed by atoms with E-state index in [0.29, 0.717) is 5.92 Å². The van der Waals surface area contributed by atoms with Gasteiger partial charge in [0.1, 0.15) is 0 Å². The summed E-state index contributed by atoms with van der Waals surface area (Å²) in [5, 5.41) is 0. The number of aryl methyl sites for hydroxylation is 2. The molecule has 14 heavy (non-hydrogen) atoms. The monoisotopic (exact) mass is 191 g/mol. The van der Waals surface area contributed by atoms with Crippen LogP contribution in [0.5, 0.6) is 0 Å². The van der Waals surface area contributed by atoms with Crippen LogP contribution in [-0.4, -0.2) is 6.54 Å². The molecule has 1 aromatic rings. The van der Waals surface area contributed by atoms with Crippen LogP contribution >= 0.6 is 0 Å². The molecule has 0 aliphatic rings. The van der Waals surface area contributed by atoms with Crippen molar-refractivity contribution < 1.29 is 0 Å². The highest BCUT2D eigenvalue weighted by Crippen LogP contribution is 2.24. The third-order valence-electron chi connectivity index (χ3n) is 2.80. The molecule has 0 heterocycles. The third kappa shape index (κ3) is 2.85. The van der Waals surface area contributed by atoms with Crippen molar-refractivity contribution in [2.45, 2.75) is 39.5 Å². The van der Waals surface area contributed by atoms with Gasteiger partial charge in [-0.15, -0.1) is 0 Å². The summed E-state index contributed by atoms with van der Waals surface area (Å²) in [7, 11) is 0. The molecule has 0 saturated heterocycles. The lowest BCUT2D eigenvalue weighted by molar-refractivity contribution is 0.638. The second kappa shape index (κ2) is 5.16. The SMILES string of the molecule is Cc1ccc(C(C)CCCN)c(C)c1. The van der Waals surface area contributed by atoms with Crippen LogP contribution in [0.1, 0.15) is 42.4 Å². The van der Waals surface area contributed by atoms with Gasteiger partial charge in [-0.25, -0.2) is 0 Å². The first kappa shape index (κ1) is 11.3. The van der Waals surface area contributed by atoms with E-state index < -0.39 is 0 Å². The van der Waals surface area contributed by atoms with E-state index in [1.165, 1.54) is 23.1 Å². The van der Waals surface area contributed by atoms with Crippen molar-refractivity contribution in [1.82, 2.24) is 0 Å². The van der Waals surface area contributed by atoms with Crippen molar-refractivity contribution in [3.05, 3.63) is 34.9 Å². The summed E-state index contributed by atoms with van der Waals surface area (Å²) in [6.45, 7) is 7.42. The maximum Gasteiger partial charge on any atom is -0.00771 e. The molecule has 0 aliphatic heterocycles. The smallest absolute Gasteiger partial charge is 0.00771 e. The number of nitrogens with two attached hydrogens (primary N) is 1. The maximum absolute atomic E-state index is 5.52. The van der Waals surface area contributed by atoms with E-state index >= 15 is 0 Å². The van der Waals surface area contributed by atoms with Crippen LogP contribution in [0.25, 0.3) is 0 Å². The second-order valence-corrected chi connectivity index (χ2v) is 4.19. The summed E-state index contributed by atoms with van der Waals surface area (Å²) in [5.74, 6) is 0.638. The predicted molar refractivity (Wildman–Crippen MR) is 62.6 cm³/mol. The normalized spacial score (nSPS) is 12.9. The molecule has 2 N–H and O–H groups in total. The molecule has 0 fully saturated rings. The Hall–Kier alpha value is -0.820. The average molecular weight is 191 g/mol. The molecular weight excluding hydrogens is 170 g/mol. The van der Waals surface area contributed by atoms with Gasteiger partial charge in [0.05, 0.1) is 0 Å². The number of rotatable bonds is 4. The van der Waals surface area contributed by atoms with Crippen LogP contribution in [0.4, 0.5) is 0 Å². The molecule has 0 aromatic heterocycles. The summed E-state index contributed by atoms with van der Waals surface area (Å²) in [6, 6.07) is 6.71. The Balaban J connectivity index is 2.74. The molecule has 1 nitrogen and oxygen atoms in total. The quantitative estimate of drug-likeness (QED) is 0.777. The second-order valence-electron chi connectivity index (χ2n) is 4.19. The molecular formula is C13H21N. The Kier molecular flexibility index (Phi) is 4.15. The molecule has 0 aliphatic carbocycles. The lowest BCUT2D eigenvalue weighted by atomic mass is 9.91. The van der Waals surface area contributed by atoms with Crippen LogP contribution in [0.2, 0.25) is 0 Å². The van der Waals surface area contributed by atoms with E-state index in [2.05, 4.69) is 39.0 Å². The van der Waals surface area contributed by atoms with Gasteiger partial charge in [-0.3, -0.25) is 0 Å². The number of benzene rings is 1. The predicted octanol–water partition coefficient (Wildman–Crippen LogP) is 3.15. The van der Waals surface area contributed by atoms with Crippen molar-refractivity contribution in [2.24, 2.45) is 5.73 Å². The Morgan fingerprint density at radius 1 is 1.29 bits per heavy atom. The fraction of sp³-hybridized carbons (Fsp3) is 0.538. The first-order valence-electron chi connectivity index (χ1n) is 5.42.